The molecule has 1 aromatic rings. The molecule has 0 N–H and O–H groups in total. The van der Waals surface area contributed by atoms with Crippen LogP contribution in [0.2, 0.25) is 0 Å². The van der Waals surface area contributed by atoms with Crippen LogP contribution in [0.4, 0.5) is 0 Å². The van der Waals surface area contributed by atoms with Crippen molar-refractivity contribution in [2.75, 3.05) is 5.75 Å². The van der Waals surface area contributed by atoms with Gasteiger partial charge in [0.05, 0.1) is 5.75 Å². The molecular formula is C12H18N2O2S. The molecule has 1 fully saturated rings. The number of sulfone groups is 1. The van der Waals surface area contributed by atoms with Crippen molar-refractivity contribution >= 4 is 9.84 Å². The van der Waals surface area contributed by atoms with Crippen molar-refractivity contribution in [1.82, 2.24) is 9.55 Å². The summed E-state index contributed by atoms with van der Waals surface area (Å²) in [5.74, 6) is 1.81. The zero-order valence-electron chi connectivity index (χ0n) is 10.1. The van der Waals surface area contributed by atoms with Gasteiger partial charge in [-0.15, -0.1) is 0 Å². The summed E-state index contributed by atoms with van der Waals surface area (Å²) in [4.78, 5) is 4.39. The fourth-order valence-corrected chi connectivity index (χ4v) is 4.88. The third-order valence-electron chi connectivity index (χ3n) is 3.99. The second-order valence-corrected chi connectivity index (χ2v) is 7.66. The van der Waals surface area contributed by atoms with Crippen LogP contribution in [0.5, 0.6) is 0 Å². The summed E-state index contributed by atoms with van der Waals surface area (Å²) in [5, 5.41) is -0.343. The SMILES string of the molecule is CC1CCn2c(cnc2C2CCCS2(=O)=O)C1. The van der Waals surface area contributed by atoms with Gasteiger partial charge in [-0.3, -0.25) is 0 Å². The molecule has 3 rings (SSSR count). The van der Waals surface area contributed by atoms with E-state index in [4.69, 9.17) is 0 Å². The lowest BCUT2D eigenvalue weighted by molar-refractivity contribution is 0.407. The molecule has 0 bridgehead atoms. The van der Waals surface area contributed by atoms with Crippen LogP contribution in [0.3, 0.4) is 0 Å². The third kappa shape index (κ3) is 1.80. The molecule has 0 spiro atoms. The molecule has 94 valence electrons. The molecule has 0 radical (unpaired) electrons. The van der Waals surface area contributed by atoms with Crippen molar-refractivity contribution in [3.63, 3.8) is 0 Å². The van der Waals surface area contributed by atoms with E-state index in [1.165, 1.54) is 5.69 Å². The van der Waals surface area contributed by atoms with Gasteiger partial charge < -0.3 is 4.57 Å². The molecule has 0 aromatic carbocycles. The van der Waals surface area contributed by atoms with Crippen LogP contribution in [0.1, 0.15) is 43.0 Å². The predicted octanol–water partition coefficient (Wildman–Crippen LogP) is 1.72. The van der Waals surface area contributed by atoms with Gasteiger partial charge in [0.25, 0.3) is 0 Å². The van der Waals surface area contributed by atoms with Gasteiger partial charge in [-0.1, -0.05) is 6.92 Å². The molecule has 1 aromatic heterocycles. The molecule has 5 heteroatoms. The van der Waals surface area contributed by atoms with Crippen molar-refractivity contribution < 1.29 is 8.42 Å². The van der Waals surface area contributed by atoms with Gasteiger partial charge in [0.1, 0.15) is 11.1 Å². The van der Waals surface area contributed by atoms with Gasteiger partial charge >= 0.3 is 0 Å². The summed E-state index contributed by atoms with van der Waals surface area (Å²) < 4.78 is 26.1. The molecule has 3 heterocycles. The minimum atomic E-state index is -2.94. The van der Waals surface area contributed by atoms with Gasteiger partial charge in [0, 0.05) is 18.4 Å². The van der Waals surface area contributed by atoms with E-state index >= 15 is 0 Å². The lowest BCUT2D eigenvalue weighted by atomic mass is 9.98. The van der Waals surface area contributed by atoms with E-state index in [2.05, 4.69) is 16.5 Å². The van der Waals surface area contributed by atoms with Gasteiger partial charge in [-0.2, -0.15) is 0 Å². The van der Waals surface area contributed by atoms with E-state index in [9.17, 15) is 8.42 Å². The van der Waals surface area contributed by atoms with E-state index < -0.39 is 9.84 Å². The maximum atomic E-state index is 12.0. The predicted molar refractivity (Wildman–Crippen MR) is 65.5 cm³/mol. The summed E-state index contributed by atoms with van der Waals surface area (Å²) in [7, 11) is -2.94. The lowest BCUT2D eigenvalue weighted by Gasteiger charge is -2.23. The minimum absolute atomic E-state index is 0.330. The Balaban J connectivity index is 2.00. The average molecular weight is 254 g/mol. The van der Waals surface area contributed by atoms with E-state index in [1.54, 1.807) is 0 Å². The molecule has 2 atom stereocenters. The zero-order chi connectivity index (χ0) is 12.0. The van der Waals surface area contributed by atoms with Gasteiger partial charge in [0.2, 0.25) is 0 Å². The number of hydrogen-bond donors (Lipinski definition) is 0. The second kappa shape index (κ2) is 3.83. The Morgan fingerprint density at radius 2 is 2.24 bits per heavy atom. The second-order valence-electron chi connectivity index (χ2n) is 5.36. The highest BCUT2D eigenvalue weighted by Crippen LogP contribution is 2.35. The van der Waals surface area contributed by atoms with Crippen LogP contribution in [0.15, 0.2) is 6.20 Å². The highest BCUT2D eigenvalue weighted by Gasteiger charge is 2.36. The Labute approximate surface area is 102 Å². The van der Waals surface area contributed by atoms with Crippen LogP contribution in [0.25, 0.3) is 0 Å². The smallest absolute Gasteiger partial charge is 0.160 e. The molecule has 4 nitrogen and oxygen atoms in total. The zero-order valence-corrected chi connectivity index (χ0v) is 10.9. The van der Waals surface area contributed by atoms with E-state index in [0.717, 1.165) is 38.1 Å². The Bertz CT molecular complexity index is 533. The number of hydrogen-bond acceptors (Lipinski definition) is 3. The van der Waals surface area contributed by atoms with Crippen LogP contribution < -0.4 is 0 Å². The number of fused-ring (bicyclic) bond motifs is 1. The summed E-state index contributed by atoms with van der Waals surface area (Å²) in [6, 6.07) is 0. The maximum absolute atomic E-state index is 12.0. The highest BCUT2D eigenvalue weighted by atomic mass is 32.2. The fourth-order valence-electron chi connectivity index (χ4n) is 3.00. The summed E-state index contributed by atoms with van der Waals surface area (Å²) >= 11 is 0. The molecule has 17 heavy (non-hydrogen) atoms. The Hall–Kier alpha value is -0.840. The molecule has 2 aliphatic rings. The molecule has 1 saturated heterocycles. The van der Waals surface area contributed by atoms with Gasteiger partial charge in [-0.05, 0) is 31.6 Å². The quantitative estimate of drug-likeness (QED) is 0.766. The van der Waals surface area contributed by atoms with E-state index in [0.29, 0.717) is 11.7 Å². The largest absolute Gasteiger partial charge is 0.331 e. The monoisotopic (exact) mass is 254 g/mol. The lowest BCUT2D eigenvalue weighted by Crippen LogP contribution is -2.21. The van der Waals surface area contributed by atoms with Crippen LogP contribution in [-0.2, 0) is 22.8 Å². The molecule has 0 amide bonds. The van der Waals surface area contributed by atoms with E-state index in [-0.39, 0.29) is 5.25 Å². The standard InChI is InChI=1S/C12H18N2O2S/c1-9-4-5-14-10(7-9)8-13-12(14)11-3-2-6-17(11,15)16/h8-9,11H,2-7H2,1H3. The first-order chi connectivity index (χ1) is 8.08. The van der Waals surface area contributed by atoms with Gasteiger partial charge in [0.15, 0.2) is 9.84 Å². The Morgan fingerprint density at radius 3 is 2.94 bits per heavy atom. The Morgan fingerprint density at radius 1 is 1.41 bits per heavy atom. The fraction of sp³-hybridized carbons (Fsp3) is 0.750. The minimum Gasteiger partial charge on any atom is -0.331 e. The van der Waals surface area contributed by atoms with Crippen molar-refractivity contribution in [2.24, 2.45) is 5.92 Å². The van der Waals surface area contributed by atoms with Crippen LogP contribution >= 0.6 is 0 Å². The maximum Gasteiger partial charge on any atom is 0.160 e. The van der Waals surface area contributed by atoms with Crippen molar-refractivity contribution in [3.05, 3.63) is 17.7 Å². The van der Waals surface area contributed by atoms with E-state index in [1.807, 2.05) is 6.20 Å². The summed E-state index contributed by atoms with van der Waals surface area (Å²) in [6.45, 7) is 3.17. The number of rotatable bonds is 1. The first-order valence-electron chi connectivity index (χ1n) is 6.34. The molecule has 2 aliphatic heterocycles. The molecule has 0 saturated carbocycles. The van der Waals surface area contributed by atoms with Gasteiger partial charge in [-0.25, -0.2) is 13.4 Å². The summed E-state index contributed by atoms with van der Waals surface area (Å²) in [5.41, 5.74) is 1.21. The van der Waals surface area contributed by atoms with Crippen molar-refractivity contribution in [3.8, 4) is 0 Å². The van der Waals surface area contributed by atoms with Crippen molar-refractivity contribution in [2.45, 2.75) is 44.4 Å². The first kappa shape index (κ1) is 11.3. The normalized spacial score (nSPS) is 31.4. The number of aromatic nitrogens is 2. The van der Waals surface area contributed by atoms with Crippen molar-refractivity contribution in [1.29, 1.82) is 0 Å². The Kier molecular flexibility index (Phi) is 2.54. The highest BCUT2D eigenvalue weighted by molar-refractivity contribution is 7.91. The first-order valence-corrected chi connectivity index (χ1v) is 8.05. The summed E-state index contributed by atoms with van der Waals surface area (Å²) in [6.07, 6.45) is 5.56. The van der Waals surface area contributed by atoms with Crippen LogP contribution in [0, 0.1) is 5.92 Å². The molecular weight excluding hydrogens is 236 g/mol. The average Bonchev–Trinajstić information content (AvgIpc) is 2.80. The van der Waals surface area contributed by atoms with Crippen LogP contribution in [-0.4, -0.2) is 23.7 Å². The number of nitrogens with zero attached hydrogens (tertiary/aromatic N) is 2. The topological polar surface area (TPSA) is 52.0 Å². The molecule has 2 unspecified atom stereocenters. The third-order valence-corrected chi connectivity index (χ3v) is 6.16. The number of imidazole rings is 1. The molecule has 0 aliphatic carbocycles.